The third-order valence-electron chi connectivity index (χ3n) is 2.69. The van der Waals surface area contributed by atoms with Gasteiger partial charge in [0.15, 0.2) is 11.6 Å². The van der Waals surface area contributed by atoms with Gasteiger partial charge in [-0.15, -0.1) is 0 Å². The first kappa shape index (κ1) is 12.4. The summed E-state index contributed by atoms with van der Waals surface area (Å²) in [5.74, 6) is -0.394. The van der Waals surface area contributed by atoms with Crippen molar-refractivity contribution < 1.29 is 9.13 Å². The minimum Gasteiger partial charge on any atom is -0.494 e. The van der Waals surface area contributed by atoms with Gasteiger partial charge < -0.3 is 9.30 Å². The molecule has 94 valence electrons. The molecule has 3 nitrogen and oxygen atoms in total. The number of hydrogen-bond acceptors (Lipinski definition) is 2. The van der Waals surface area contributed by atoms with Crippen molar-refractivity contribution >= 4 is 10.8 Å². The third kappa shape index (κ3) is 2.14. The number of ether oxygens (including phenoxy) is 1. The van der Waals surface area contributed by atoms with Gasteiger partial charge in [-0.05, 0) is 30.5 Å². The first-order valence-electron chi connectivity index (χ1n) is 5.54. The Morgan fingerprint density at radius 2 is 2.22 bits per heavy atom. The van der Waals surface area contributed by atoms with Crippen LogP contribution in [0.1, 0.15) is 6.92 Å². The Hall–Kier alpha value is -2.10. The zero-order valence-corrected chi connectivity index (χ0v) is 10.4. The van der Waals surface area contributed by atoms with Crippen molar-refractivity contribution in [3.05, 3.63) is 52.7 Å². The molecule has 0 bridgehead atoms. The Bertz CT molecular complexity index is 673. The lowest BCUT2D eigenvalue weighted by molar-refractivity contribution is 0.387. The molecule has 0 aliphatic heterocycles. The lowest BCUT2D eigenvalue weighted by Gasteiger charge is -2.08. The van der Waals surface area contributed by atoms with Crippen LogP contribution >= 0.6 is 0 Å². The minimum atomic E-state index is -0.532. The van der Waals surface area contributed by atoms with Crippen molar-refractivity contribution in [2.45, 2.75) is 13.5 Å². The zero-order chi connectivity index (χ0) is 13.3. The second-order valence-corrected chi connectivity index (χ2v) is 4.28. The number of methoxy groups -OCH3 is 1. The maximum Gasteiger partial charge on any atom is 0.258 e. The van der Waals surface area contributed by atoms with E-state index in [1.165, 1.54) is 23.8 Å². The van der Waals surface area contributed by atoms with E-state index in [1.807, 2.05) is 6.92 Å². The van der Waals surface area contributed by atoms with Gasteiger partial charge >= 0.3 is 0 Å². The van der Waals surface area contributed by atoms with Gasteiger partial charge in [-0.2, -0.15) is 0 Å². The molecule has 0 saturated carbocycles. The highest BCUT2D eigenvalue weighted by atomic mass is 19.1. The fourth-order valence-electron chi connectivity index (χ4n) is 1.86. The van der Waals surface area contributed by atoms with E-state index < -0.39 is 5.82 Å². The minimum absolute atomic E-state index is 0.138. The molecule has 0 unspecified atom stereocenters. The number of allylic oxidation sites excluding steroid dienone is 1. The van der Waals surface area contributed by atoms with Crippen LogP contribution in [-0.4, -0.2) is 11.7 Å². The highest BCUT2D eigenvalue weighted by molar-refractivity contribution is 5.83. The predicted octanol–water partition coefficient (Wildman–Crippen LogP) is 2.73. The van der Waals surface area contributed by atoms with E-state index in [1.54, 1.807) is 12.3 Å². The number of rotatable bonds is 3. The SMILES string of the molecule is C=C(C)Cn1ccc2cc(OC)c(F)cc2c1=O. The molecule has 2 aromatic rings. The van der Waals surface area contributed by atoms with Crippen molar-refractivity contribution in [2.75, 3.05) is 7.11 Å². The summed E-state index contributed by atoms with van der Waals surface area (Å²) in [6.45, 7) is 6.03. The summed E-state index contributed by atoms with van der Waals surface area (Å²) < 4.78 is 20.0. The van der Waals surface area contributed by atoms with Crippen molar-refractivity contribution in [2.24, 2.45) is 0 Å². The monoisotopic (exact) mass is 247 g/mol. The quantitative estimate of drug-likeness (QED) is 0.781. The highest BCUT2D eigenvalue weighted by Gasteiger charge is 2.09. The Morgan fingerprint density at radius 3 is 2.83 bits per heavy atom. The van der Waals surface area contributed by atoms with Crippen LogP contribution in [0.15, 0.2) is 41.3 Å². The molecular weight excluding hydrogens is 233 g/mol. The number of aromatic nitrogens is 1. The summed E-state index contributed by atoms with van der Waals surface area (Å²) in [6.07, 6.45) is 1.68. The predicted molar refractivity (Wildman–Crippen MR) is 69.5 cm³/mol. The summed E-state index contributed by atoms with van der Waals surface area (Å²) in [6, 6.07) is 4.50. The molecule has 0 aliphatic rings. The van der Waals surface area contributed by atoms with Gasteiger partial charge in [0.1, 0.15) is 0 Å². The van der Waals surface area contributed by atoms with Crippen molar-refractivity contribution in [3.63, 3.8) is 0 Å². The normalized spacial score (nSPS) is 10.6. The first-order valence-corrected chi connectivity index (χ1v) is 5.54. The molecule has 0 fully saturated rings. The molecule has 0 radical (unpaired) electrons. The van der Waals surface area contributed by atoms with Crippen molar-refractivity contribution in [1.82, 2.24) is 4.57 Å². The number of nitrogens with zero attached hydrogens (tertiary/aromatic N) is 1. The summed E-state index contributed by atoms with van der Waals surface area (Å²) in [4.78, 5) is 12.1. The molecule has 0 atom stereocenters. The Balaban J connectivity index is 2.68. The number of hydrogen-bond donors (Lipinski definition) is 0. The van der Waals surface area contributed by atoms with Crippen LogP contribution in [0.4, 0.5) is 4.39 Å². The Kier molecular flexibility index (Phi) is 3.19. The van der Waals surface area contributed by atoms with Crippen LogP contribution in [0.2, 0.25) is 0 Å². The average molecular weight is 247 g/mol. The van der Waals surface area contributed by atoms with E-state index in [9.17, 15) is 9.18 Å². The van der Waals surface area contributed by atoms with Crippen molar-refractivity contribution in [3.8, 4) is 5.75 Å². The third-order valence-corrected chi connectivity index (χ3v) is 2.69. The molecule has 18 heavy (non-hydrogen) atoms. The lowest BCUT2D eigenvalue weighted by atomic mass is 10.1. The largest absolute Gasteiger partial charge is 0.494 e. The van der Waals surface area contributed by atoms with Crippen LogP contribution < -0.4 is 10.3 Å². The molecule has 1 heterocycles. The molecule has 1 aromatic heterocycles. The number of benzene rings is 1. The van der Waals surface area contributed by atoms with Gasteiger partial charge in [-0.3, -0.25) is 4.79 Å². The molecule has 0 amide bonds. The second kappa shape index (κ2) is 4.64. The number of halogens is 1. The van der Waals surface area contributed by atoms with Gasteiger partial charge in [-0.1, -0.05) is 12.2 Å². The van der Waals surface area contributed by atoms with E-state index in [4.69, 9.17) is 4.74 Å². The fraction of sp³-hybridized carbons (Fsp3) is 0.214. The average Bonchev–Trinajstić information content (AvgIpc) is 2.32. The van der Waals surface area contributed by atoms with Crippen LogP contribution in [-0.2, 0) is 6.54 Å². The maximum atomic E-state index is 13.6. The first-order chi connectivity index (χ1) is 8.52. The molecule has 1 aromatic carbocycles. The van der Waals surface area contributed by atoms with Crippen LogP contribution in [0.25, 0.3) is 10.8 Å². The van der Waals surface area contributed by atoms with Gasteiger partial charge in [0.05, 0.1) is 12.5 Å². The van der Waals surface area contributed by atoms with Gasteiger partial charge in [0.2, 0.25) is 0 Å². The standard InChI is InChI=1S/C14H14FNO2/c1-9(2)8-16-5-4-10-6-13(18-3)12(15)7-11(10)14(16)17/h4-7H,1,8H2,2-3H3. The van der Waals surface area contributed by atoms with Crippen LogP contribution in [0.3, 0.4) is 0 Å². The molecule has 0 N–H and O–H groups in total. The second-order valence-electron chi connectivity index (χ2n) is 4.28. The van der Waals surface area contributed by atoms with Gasteiger partial charge in [0, 0.05) is 12.7 Å². The van der Waals surface area contributed by atoms with E-state index in [0.717, 1.165) is 5.57 Å². The van der Waals surface area contributed by atoms with Gasteiger partial charge in [-0.25, -0.2) is 4.39 Å². The summed E-state index contributed by atoms with van der Waals surface area (Å²) >= 11 is 0. The van der Waals surface area contributed by atoms with Gasteiger partial charge in [0.25, 0.3) is 5.56 Å². The number of fused-ring (bicyclic) bond motifs is 1. The smallest absolute Gasteiger partial charge is 0.258 e. The number of pyridine rings is 1. The fourth-order valence-corrected chi connectivity index (χ4v) is 1.86. The summed E-state index contributed by atoms with van der Waals surface area (Å²) in [5, 5.41) is 1.01. The maximum absolute atomic E-state index is 13.6. The topological polar surface area (TPSA) is 31.2 Å². The van der Waals surface area contributed by atoms with E-state index >= 15 is 0 Å². The molecule has 2 rings (SSSR count). The molecular formula is C14H14FNO2. The summed E-state index contributed by atoms with van der Waals surface area (Å²) in [7, 11) is 1.40. The molecule has 4 heteroatoms. The van der Waals surface area contributed by atoms with E-state index in [-0.39, 0.29) is 11.3 Å². The molecule has 0 saturated heterocycles. The van der Waals surface area contributed by atoms with Crippen molar-refractivity contribution in [1.29, 1.82) is 0 Å². The molecule has 0 aliphatic carbocycles. The van der Waals surface area contributed by atoms with E-state index in [2.05, 4.69) is 6.58 Å². The molecule has 0 spiro atoms. The Labute approximate surface area is 104 Å². The van der Waals surface area contributed by atoms with E-state index in [0.29, 0.717) is 17.3 Å². The zero-order valence-electron chi connectivity index (χ0n) is 10.4. The highest BCUT2D eigenvalue weighted by Crippen LogP contribution is 2.22. The Morgan fingerprint density at radius 1 is 1.50 bits per heavy atom. The van der Waals surface area contributed by atoms with Crippen LogP contribution in [0.5, 0.6) is 5.75 Å². The van der Waals surface area contributed by atoms with Crippen LogP contribution in [0, 0.1) is 5.82 Å². The summed E-state index contributed by atoms with van der Waals surface area (Å²) in [5.41, 5.74) is 0.641. The lowest BCUT2D eigenvalue weighted by Crippen LogP contribution is -2.20.